The van der Waals surface area contributed by atoms with Crippen LogP contribution in [0.15, 0.2) is 19.9 Å². The van der Waals surface area contributed by atoms with Crippen molar-refractivity contribution in [1.29, 1.82) is 0 Å². The van der Waals surface area contributed by atoms with Crippen molar-refractivity contribution in [3.63, 3.8) is 0 Å². The molecule has 0 amide bonds. The van der Waals surface area contributed by atoms with E-state index >= 15 is 0 Å². The van der Waals surface area contributed by atoms with Gasteiger partial charge in [-0.3, -0.25) is 44.4 Å². The summed E-state index contributed by atoms with van der Waals surface area (Å²) in [4.78, 5) is 52.0. The number of aromatic amines is 2. The van der Waals surface area contributed by atoms with Crippen LogP contribution in [0.2, 0.25) is 5.15 Å². The lowest BCUT2D eigenvalue weighted by Gasteiger charge is -1.96. The van der Waals surface area contributed by atoms with Gasteiger partial charge in [0.25, 0.3) is 5.88 Å². The molecular formula is C10H9Cl4N6O8PS2. The number of nitrogens with zero attached hydrogens (tertiary/aromatic N) is 4. The standard InChI is InChI=1S/C5H4ClN3O3S.C5H5N3O4S.Cl3OP/c1-13-5-7-3(6)2(9(11)12)4(10)8-5;1-13-5-6-3(9)2(8(11)12)4(10)7-5;1-5(2,3)4/h1H3,(H,7,8,10);1H3,(H2,6,7,9,10);. The van der Waals surface area contributed by atoms with Gasteiger partial charge in [0.05, 0.1) is 9.85 Å². The molecule has 14 nitrogen and oxygen atoms in total. The van der Waals surface area contributed by atoms with Crippen LogP contribution >= 0.6 is 74.0 Å². The number of hydrogen-bond donors (Lipinski definition) is 3. The van der Waals surface area contributed by atoms with Gasteiger partial charge in [0.2, 0.25) is 5.15 Å². The second kappa shape index (κ2) is 13.1. The van der Waals surface area contributed by atoms with Crippen molar-refractivity contribution >= 4 is 85.4 Å². The molecule has 2 rings (SSSR count). The number of nitrogens with one attached hydrogen (secondary N) is 2. The maximum absolute atomic E-state index is 11.0. The first-order valence-corrected chi connectivity index (χ1v) is 14.1. The summed E-state index contributed by atoms with van der Waals surface area (Å²) in [6.45, 7) is 0. The van der Waals surface area contributed by atoms with E-state index in [2.05, 4.69) is 53.7 Å². The fourth-order valence-corrected chi connectivity index (χ4v) is 2.41. The molecule has 0 spiro atoms. The molecule has 2 heterocycles. The normalized spacial score (nSPS) is 10.3. The Morgan fingerprint density at radius 2 is 1.29 bits per heavy atom. The van der Waals surface area contributed by atoms with Crippen molar-refractivity contribution in [2.24, 2.45) is 0 Å². The number of halogens is 4. The Bertz CT molecular complexity index is 1040. The second-order valence-corrected chi connectivity index (χ2v) is 13.0. The average molecular weight is 578 g/mol. The molecule has 0 aliphatic heterocycles. The highest BCUT2D eigenvalue weighted by atomic mass is 36.0. The van der Waals surface area contributed by atoms with E-state index in [0.717, 1.165) is 23.5 Å². The van der Waals surface area contributed by atoms with E-state index < -0.39 is 48.6 Å². The summed E-state index contributed by atoms with van der Waals surface area (Å²) in [5.74, 6) is -0.863. The van der Waals surface area contributed by atoms with Gasteiger partial charge < -0.3 is 5.11 Å². The molecule has 0 saturated heterocycles. The zero-order chi connectivity index (χ0) is 24.5. The van der Waals surface area contributed by atoms with E-state index in [1.807, 2.05) is 0 Å². The lowest BCUT2D eigenvalue weighted by atomic mass is 10.5. The third-order valence-corrected chi connectivity index (χ3v) is 3.86. The van der Waals surface area contributed by atoms with Gasteiger partial charge in [0.15, 0.2) is 10.3 Å². The number of nitro groups is 2. The van der Waals surface area contributed by atoms with Crippen LogP contribution in [0.4, 0.5) is 11.4 Å². The van der Waals surface area contributed by atoms with E-state index in [4.69, 9.17) is 16.7 Å². The molecule has 0 atom stereocenters. The minimum Gasteiger partial charge on any atom is -0.488 e. The number of rotatable bonds is 4. The van der Waals surface area contributed by atoms with Gasteiger partial charge in [-0.05, 0) is 46.2 Å². The molecule has 172 valence electrons. The third-order valence-electron chi connectivity index (χ3n) is 2.44. The van der Waals surface area contributed by atoms with E-state index in [1.54, 1.807) is 12.5 Å². The van der Waals surface area contributed by atoms with Crippen LogP contribution < -0.4 is 11.1 Å². The minimum absolute atomic E-state index is 0.133. The summed E-state index contributed by atoms with van der Waals surface area (Å²) in [7, 11) is 0. The Morgan fingerprint density at radius 3 is 1.58 bits per heavy atom. The predicted octanol–water partition coefficient (Wildman–Crippen LogP) is 3.97. The van der Waals surface area contributed by atoms with Gasteiger partial charge in [0, 0.05) is 0 Å². The highest BCUT2D eigenvalue weighted by Gasteiger charge is 2.21. The number of thioether (sulfide) groups is 2. The quantitative estimate of drug-likeness (QED) is 0.117. The Hall–Kier alpha value is -1.55. The van der Waals surface area contributed by atoms with Gasteiger partial charge in [-0.15, -0.1) is 0 Å². The minimum atomic E-state index is -3.22. The van der Waals surface area contributed by atoms with Crippen LogP contribution in [0.3, 0.4) is 0 Å². The van der Waals surface area contributed by atoms with Gasteiger partial charge in [-0.25, -0.2) is 4.98 Å². The molecule has 0 unspecified atom stereocenters. The molecule has 0 fully saturated rings. The Balaban J connectivity index is 0.000000479. The van der Waals surface area contributed by atoms with E-state index in [-0.39, 0.29) is 10.3 Å². The summed E-state index contributed by atoms with van der Waals surface area (Å²) in [6.07, 6.45) is 3.28. The first-order chi connectivity index (χ1) is 14.1. The summed E-state index contributed by atoms with van der Waals surface area (Å²) in [6, 6.07) is 0. The molecule has 31 heavy (non-hydrogen) atoms. The molecule has 3 N–H and O–H groups in total. The van der Waals surface area contributed by atoms with Crippen LogP contribution in [0, 0.1) is 20.2 Å². The predicted molar refractivity (Wildman–Crippen MR) is 118 cm³/mol. The first kappa shape index (κ1) is 29.5. The number of aromatic hydroxyl groups is 1. The summed E-state index contributed by atoms with van der Waals surface area (Å²) < 4.78 is 9.51. The van der Waals surface area contributed by atoms with Crippen molar-refractivity contribution in [2.75, 3.05) is 12.5 Å². The molecule has 21 heteroatoms. The highest BCUT2D eigenvalue weighted by Crippen LogP contribution is 2.61. The molecule has 0 radical (unpaired) electrons. The lowest BCUT2D eigenvalue weighted by molar-refractivity contribution is -0.387. The molecule has 0 aliphatic rings. The lowest BCUT2D eigenvalue weighted by Crippen LogP contribution is -2.14. The van der Waals surface area contributed by atoms with Crippen molar-refractivity contribution < 1.29 is 19.5 Å². The molecular weight excluding hydrogens is 569 g/mol. The van der Waals surface area contributed by atoms with Crippen molar-refractivity contribution in [3.05, 3.63) is 46.1 Å². The molecule has 0 bridgehead atoms. The van der Waals surface area contributed by atoms with Crippen molar-refractivity contribution in [1.82, 2.24) is 19.9 Å². The maximum Gasteiger partial charge on any atom is 0.395 e. The van der Waals surface area contributed by atoms with Crippen LogP contribution in [-0.4, -0.2) is 47.4 Å². The zero-order valence-electron chi connectivity index (χ0n) is 14.9. The number of aromatic nitrogens is 4. The smallest absolute Gasteiger partial charge is 0.395 e. The number of hydrogen-bond acceptors (Lipinski definition) is 12. The molecule has 2 aromatic rings. The monoisotopic (exact) mass is 576 g/mol. The SMILES string of the molecule is CSc1nc(Cl)c([N+](=O)[O-])c(=O)[nH]1.CSc1nc(O)c([N+](=O)[O-])c(=O)[nH]1.O=P(Cl)(Cl)Cl. The van der Waals surface area contributed by atoms with Crippen LogP contribution in [0.5, 0.6) is 5.88 Å². The van der Waals surface area contributed by atoms with Gasteiger partial charge in [-0.2, -0.15) is 4.98 Å². The average Bonchev–Trinajstić information content (AvgIpc) is 2.58. The topological polar surface area (TPSA) is 215 Å². The summed E-state index contributed by atoms with van der Waals surface area (Å²) in [5.41, 5.74) is -3.45. The van der Waals surface area contributed by atoms with Gasteiger partial charge in [-0.1, -0.05) is 35.1 Å². The number of H-pyrrole nitrogens is 2. The second-order valence-electron chi connectivity index (χ2n) is 4.37. The first-order valence-electron chi connectivity index (χ1n) is 6.81. The largest absolute Gasteiger partial charge is 0.488 e. The van der Waals surface area contributed by atoms with Crippen molar-refractivity contribution in [2.45, 2.75) is 10.3 Å². The Morgan fingerprint density at radius 1 is 0.935 bits per heavy atom. The van der Waals surface area contributed by atoms with Gasteiger partial charge in [0.1, 0.15) is 0 Å². The van der Waals surface area contributed by atoms with E-state index in [1.165, 1.54) is 0 Å². The van der Waals surface area contributed by atoms with Crippen LogP contribution in [0.1, 0.15) is 0 Å². The highest BCUT2D eigenvalue weighted by molar-refractivity contribution is 8.24. The van der Waals surface area contributed by atoms with E-state index in [0.29, 0.717) is 0 Å². The molecule has 2 aromatic heterocycles. The summed E-state index contributed by atoms with van der Waals surface area (Å²) >= 11 is 21.5. The molecule has 0 saturated carbocycles. The Labute approximate surface area is 199 Å². The van der Waals surface area contributed by atoms with Crippen LogP contribution in [0.25, 0.3) is 0 Å². The molecule has 0 aromatic carbocycles. The zero-order valence-corrected chi connectivity index (χ0v) is 20.4. The van der Waals surface area contributed by atoms with Crippen molar-refractivity contribution in [3.8, 4) is 5.88 Å². The fourth-order valence-electron chi connectivity index (χ4n) is 1.37. The van der Waals surface area contributed by atoms with Crippen LogP contribution in [-0.2, 0) is 4.57 Å². The third kappa shape index (κ3) is 11.0. The molecule has 0 aliphatic carbocycles. The fraction of sp³-hybridized carbons (Fsp3) is 0.200. The Kier molecular flexibility index (Phi) is 12.4. The van der Waals surface area contributed by atoms with Gasteiger partial charge >= 0.3 is 27.7 Å². The maximum atomic E-state index is 11.0. The summed E-state index contributed by atoms with van der Waals surface area (Å²) in [5, 5.41) is 26.3. The van der Waals surface area contributed by atoms with E-state index in [9.17, 15) is 34.4 Å².